The average molecular weight is 406 g/mol. The Morgan fingerprint density at radius 2 is 1.82 bits per heavy atom. The van der Waals surface area contributed by atoms with E-state index in [1.165, 1.54) is 0 Å². The molecule has 8 heteroatoms. The van der Waals surface area contributed by atoms with Crippen LogP contribution < -0.4 is 10.6 Å². The van der Waals surface area contributed by atoms with Gasteiger partial charge in [0.05, 0.1) is 23.8 Å². The van der Waals surface area contributed by atoms with Gasteiger partial charge in [-0.25, -0.2) is 13.2 Å². The summed E-state index contributed by atoms with van der Waals surface area (Å²) in [5.74, 6) is 0.711. The summed E-state index contributed by atoms with van der Waals surface area (Å²) < 4.78 is 29.9. The van der Waals surface area contributed by atoms with E-state index in [4.69, 9.17) is 4.42 Å². The summed E-state index contributed by atoms with van der Waals surface area (Å²) >= 11 is 0. The first-order valence-corrected chi connectivity index (χ1v) is 11.4. The number of hydrogen-bond acceptors (Lipinski definition) is 5. The van der Waals surface area contributed by atoms with Crippen LogP contribution in [0.4, 0.5) is 4.79 Å². The number of benzene rings is 1. The first kappa shape index (κ1) is 20.4. The Morgan fingerprint density at radius 3 is 2.50 bits per heavy atom. The van der Waals surface area contributed by atoms with Crippen LogP contribution in [-0.4, -0.2) is 51.3 Å². The highest BCUT2D eigenvalue weighted by molar-refractivity contribution is 7.90. The molecular weight excluding hydrogens is 378 g/mol. The summed E-state index contributed by atoms with van der Waals surface area (Å²) in [5.41, 5.74) is 0.749. The number of likely N-dealkylation sites (tertiary alicyclic amines) is 1. The fourth-order valence-corrected chi connectivity index (χ4v) is 4.67. The van der Waals surface area contributed by atoms with Crippen LogP contribution in [-0.2, 0) is 15.6 Å². The van der Waals surface area contributed by atoms with E-state index in [1.54, 1.807) is 18.4 Å². The number of sulfone groups is 1. The zero-order valence-corrected chi connectivity index (χ0v) is 16.7. The molecular formula is C20H27N3O4S. The Morgan fingerprint density at radius 1 is 1.07 bits per heavy atom. The molecule has 152 valence electrons. The van der Waals surface area contributed by atoms with Crippen LogP contribution in [0, 0.1) is 0 Å². The molecule has 0 radical (unpaired) electrons. The maximum Gasteiger partial charge on any atom is 0.314 e. The summed E-state index contributed by atoms with van der Waals surface area (Å²) in [4.78, 5) is 14.4. The lowest BCUT2D eigenvalue weighted by Crippen LogP contribution is -2.42. The maximum absolute atomic E-state index is 12.2. The molecule has 0 unspecified atom stereocenters. The van der Waals surface area contributed by atoms with Gasteiger partial charge in [-0.2, -0.15) is 0 Å². The molecule has 2 aromatic rings. The summed E-state index contributed by atoms with van der Waals surface area (Å²) in [7, 11) is -3.28. The molecule has 1 aliphatic heterocycles. The molecule has 2 amide bonds. The lowest BCUT2D eigenvalue weighted by molar-refractivity contribution is 0.203. The van der Waals surface area contributed by atoms with Crippen molar-refractivity contribution in [1.29, 1.82) is 0 Å². The quantitative estimate of drug-likeness (QED) is 0.668. The first-order chi connectivity index (χ1) is 13.5. The lowest BCUT2D eigenvalue weighted by atomic mass is 10.2. The number of hydrogen-bond donors (Lipinski definition) is 2. The number of carbonyl (C=O) groups is 1. The van der Waals surface area contributed by atoms with Gasteiger partial charge in [-0.1, -0.05) is 30.3 Å². The standard InChI is InChI=1S/C20H27N3O4S/c24-20(21-10-14-28(25,26)16-17-7-2-1-3-8-17)22-15-18(19-9-6-13-27-19)23-11-4-5-12-23/h1-3,6-9,13,18H,4-5,10-12,14-16H2,(H2,21,22,24)/t18-/m0/s1. The molecule has 28 heavy (non-hydrogen) atoms. The number of furan rings is 1. The van der Waals surface area contributed by atoms with Gasteiger partial charge in [-0.05, 0) is 43.6 Å². The molecule has 1 saturated heterocycles. The van der Waals surface area contributed by atoms with Crippen LogP contribution in [0.5, 0.6) is 0 Å². The highest BCUT2D eigenvalue weighted by Gasteiger charge is 2.25. The van der Waals surface area contributed by atoms with Gasteiger partial charge in [0, 0.05) is 13.1 Å². The fraction of sp³-hybridized carbons (Fsp3) is 0.450. The van der Waals surface area contributed by atoms with Gasteiger partial charge < -0.3 is 15.1 Å². The third-order valence-electron chi connectivity index (χ3n) is 4.84. The Kier molecular flexibility index (Phi) is 7.11. The van der Waals surface area contributed by atoms with Crippen molar-refractivity contribution in [2.45, 2.75) is 24.6 Å². The van der Waals surface area contributed by atoms with E-state index in [1.807, 2.05) is 30.3 Å². The average Bonchev–Trinajstić information content (AvgIpc) is 3.37. The molecule has 3 rings (SSSR count). The number of carbonyl (C=O) groups excluding carboxylic acids is 1. The van der Waals surface area contributed by atoms with Crippen molar-refractivity contribution in [3.8, 4) is 0 Å². The van der Waals surface area contributed by atoms with E-state index in [0.29, 0.717) is 6.54 Å². The van der Waals surface area contributed by atoms with Gasteiger partial charge in [0.25, 0.3) is 0 Å². The first-order valence-electron chi connectivity index (χ1n) is 9.57. The zero-order valence-electron chi connectivity index (χ0n) is 15.8. The second kappa shape index (κ2) is 9.75. The molecule has 0 spiro atoms. The van der Waals surface area contributed by atoms with E-state index in [9.17, 15) is 13.2 Å². The molecule has 1 aromatic carbocycles. The molecule has 2 N–H and O–H groups in total. The molecule has 1 aliphatic rings. The third-order valence-corrected chi connectivity index (χ3v) is 6.44. The van der Waals surface area contributed by atoms with E-state index >= 15 is 0 Å². The van der Waals surface area contributed by atoms with Crippen molar-refractivity contribution in [3.63, 3.8) is 0 Å². The number of nitrogens with zero attached hydrogens (tertiary/aromatic N) is 1. The van der Waals surface area contributed by atoms with Gasteiger partial charge in [-0.3, -0.25) is 4.90 Å². The Balaban J connectivity index is 1.43. The SMILES string of the molecule is O=C(NCCS(=O)(=O)Cc1ccccc1)NC[C@@H](c1ccco1)N1CCCC1. The summed E-state index contributed by atoms with van der Waals surface area (Å²) in [5, 5.41) is 5.47. The van der Waals surface area contributed by atoms with E-state index in [-0.39, 0.29) is 30.1 Å². The van der Waals surface area contributed by atoms with Crippen molar-refractivity contribution in [1.82, 2.24) is 15.5 Å². The van der Waals surface area contributed by atoms with Crippen molar-refractivity contribution in [2.75, 3.05) is 31.9 Å². The number of amides is 2. The van der Waals surface area contributed by atoms with E-state index in [0.717, 1.165) is 37.3 Å². The number of urea groups is 1. The van der Waals surface area contributed by atoms with Crippen molar-refractivity contribution in [3.05, 3.63) is 60.1 Å². The second-order valence-electron chi connectivity index (χ2n) is 6.99. The zero-order chi connectivity index (χ0) is 19.8. The molecule has 2 heterocycles. The van der Waals surface area contributed by atoms with Gasteiger partial charge in [0.1, 0.15) is 5.76 Å². The molecule has 1 fully saturated rings. The van der Waals surface area contributed by atoms with E-state index in [2.05, 4.69) is 15.5 Å². The second-order valence-corrected chi connectivity index (χ2v) is 9.17. The lowest BCUT2D eigenvalue weighted by Gasteiger charge is -2.26. The smallest absolute Gasteiger partial charge is 0.314 e. The van der Waals surface area contributed by atoms with Crippen LogP contribution in [0.2, 0.25) is 0 Å². The van der Waals surface area contributed by atoms with Crippen molar-refractivity contribution >= 4 is 15.9 Å². The monoisotopic (exact) mass is 405 g/mol. The predicted octanol–water partition coefficient (Wildman–Crippen LogP) is 2.33. The van der Waals surface area contributed by atoms with Gasteiger partial charge in [0.2, 0.25) is 0 Å². The Bertz CT molecular complexity index is 832. The number of rotatable bonds is 9. The normalized spacial score (nSPS) is 16.0. The summed E-state index contributed by atoms with van der Waals surface area (Å²) in [6.45, 7) is 2.45. The molecule has 0 bridgehead atoms. The third kappa shape index (κ3) is 6.10. The Hall–Kier alpha value is -2.32. The highest BCUT2D eigenvalue weighted by atomic mass is 32.2. The van der Waals surface area contributed by atoms with E-state index < -0.39 is 9.84 Å². The minimum atomic E-state index is -3.28. The molecule has 7 nitrogen and oxygen atoms in total. The number of nitrogens with one attached hydrogen (secondary N) is 2. The van der Waals surface area contributed by atoms with Gasteiger partial charge in [-0.15, -0.1) is 0 Å². The predicted molar refractivity (Wildman–Crippen MR) is 108 cm³/mol. The van der Waals surface area contributed by atoms with Crippen LogP contribution in [0.25, 0.3) is 0 Å². The van der Waals surface area contributed by atoms with Gasteiger partial charge in [0.15, 0.2) is 9.84 Å². The molecule has 1 aromatic heterocycles. The maximum atomic E-state index is 12.2. The van der Waals surface area contributed by atoms with Crippen molar-refractivity contribution < 1.29 is 17.6 Å². The Labute approximate surface area is 166 Å². The van der Waals surface area contributed by atoms with Gasteiger partial charge >= 0.3 is 6.03 Å². The fourth-order valence-electron chi connectivity index (χ4n) is 3.42. The largest absolute Gasteiger partial charge is 0.468 e. The molecule has 0 saturated carbocycles. The van der Waals surface area contributed by atoms with Crippen LogP contribution >= 0.6 is 0 Å². The van der Waals surface area contributed by atoms with Crippen LogP contribution in [0.1, 0.15) is 30.2 Å². The topological polar surface area (TPSA) is 91.6 Å². The molecule has 0 aliphatic carbocycles. The summed E-state index contributed by atoms with van der Waals surface area (Å²) in [6, 6.07) is 12.4. The molecule has 1 atom stereocenters. The van der Waals surface area contributed by atoms with Crippen LogP contribution in [0.3, 0.4) is 0 Å². The van der Waals surface area contributed by atoms with Crippen molar-refractivity contribution in [2.24, 2.45) is 0 Å². The summed E-state index contributed by atoms with van der Waals surface area (Å²) in [6.07, 6.45) is 3.92. The minimum absolute atomic E-state index is 0.00920. The minimum Gasteiger partial charge on any atom is -0.468 e. The highest BCUT2D eigenvalue weighted by Crippen LogP contribution is 2.24. The van der Waals surface area contributed by atoms with Crippen LogP contribution in [0.15, 0.2) is 53.1 Å².